The molecule has 0 radical (unpaired) electrons. The summed E-state index contributed by atoms with van der Waals surface area (Å²) in [6.45, 7) is 9.40. The molecule has 1 aliphatic rings. The Morgan fingerprint density at radius 2 is 1.50 bits per heavy atom. The number of rotatable bonds is 11. The van der Waals surface area contributed by atoms with Crippen molar-refractivity contribution in [1.29, 1.82) is 0 Å². The molecule has 106 valence electrons. The minimum atomic E-state index is 0.859. The molecule has 0 bridgehead atoms. The van der Waals surface area contributed by atoms with E-state index in [2.05, 4.69) is 16.4 Å². The molecule has 0 unspecified atom stereocenters. The van der Waals surface area contributed by atoms with Crippen LogP contribution in [0.5, 0.6) is 0 Å². The number of nitrogens with zero attached hydrogens (tertiary/aromatic N) is 2. The first-order valence-corrected chi connectivity index (χ1v) is 7.66. The van der Waals surface area contributed by atoms with Gasteiger partial charge in [0.1, 0.15) is 0 Å². The minimum absolute atomic E-state index is 0.859. The van der Waals surface area contributed by atoms with E-state index < -0.39 is 0 Å². The van der Waals surface area contributed by atoms with E-state index in [-0.39, 0.29) is 0 Å². The zero-order chi connectivity index (χ0) is 13.1. The average molecular weight is 253 g/mol. The van der Waals surface area contributed by atoms with Gasteiger partial charge in [-0.2, -0.15) is 0 Å². The largest absolute Gasteiger partial charge is 0.364 e. The topological polar surface area (TPSA) is 32.5 Å². The van der Waals surface area contributed by atoms with E-state index >= 15 is 0 Å². The highest BCUT2D eigenvalue weighted by atomic mass is 15.4. The fourth-order valence-corrected chi connectivity index (χ4v) is 2.54. The Labute approximate surface area is 113 Å². The van der Waals surface area contributed by atoms with Crippen LogP contribution >= 0.6 is 0 Å². The maximum atomic E-state index is 5.47. The van der Waals surface area contributed by atoms with Gasteiger partial charge in [-0.15, -0.1) is 0 Å². The number of unbranched alkanes of at least 4 members (excludes halogenated alkanes) is 7. The summed E-state index contributed by atoms with van der Waals surface area (Å²) >= 11 is 0. The molecule has 0 atom stereocenters. The second kappa shape index (κ2) is 10.4. The Morgan fingerprint density at radius 1 is 0.889 bits per heavy atom. The van der Waals surface area contributed by atoms with Gasteiger partial charge in [0.15, 0.2) is 0 Å². The molecule has 0 saturated carbocycles. The Bertz CT molecular complexity index is 206. The highest BCUT2D eigenvalue weighted by Crippen LogP contribution is 2.10. The minimum Gasteiger partial charge on any atom is -0.364 e. The molecule has 2 N–H and O–H groups in total. The first-order chi connectivity index (χ1) is 8.86. The van der Waals surface area contributed by atoms with Gasteiger partial charge in [0, 0.05) is 13.1 Å². The Morgan fingerprint density at radius 3 is 2.06 bits per heavy atom. The molecule has 0 aromatic rings. The Hall–Kier alpha value is -0.540. The first kappa shape index (κ1) is 15.5. The van der Waals surface area contributed by atoms with Crippen LogP contribution in [0.3, 0.4) is 0 Å². The second-order valence-electron chi connectivity index (χ2n) is 5.37. The summed E-state index contributed by atoms with van der Waals surface area (Å²) in [4.78, 5) is 4.82. The molecule has 1 heterocycles. The van der Waals surface area contributed by atoms with Gasteiger partial charge in [0.2, 0.25) is 0 Å². The van der Waals surface area contributed by atoms with E-state index in [1.54, 1.807) is 0 Å². The van der Waals surface area contributed by atoms with Gasteiger partial charge in [-0.1, -0.05) is 45.1 Å². The molecule has 0 amide bonds. The van der Waals surface area contributed by atoms with Crippen molar-refractivity contribution in [1.82, 2.24) is 9.80 Å². The predicted molar refractivity (Wildman–Crippen MR) is 79.3 cm³/mol. The molecule has 0 aromatic carbocycles. The van der Waals surface area contributed by atoms with E-state index in [9.17, 15) is 0 Å². The van der Waals surface area contributed by atoms with Crippen molar-refractivity contribution >= 4 is 0 Å². The van der Waals surface area contributed by atoms with Gasteiger partial charge >= 0.3 is 0 Å². The lowest BCUT2D eigenvalue weighted by molar-refractivity contribution is 0.282. The zero-order valence-corrected chi connectivity index (χ0v) is 11.9. The van der Waals surface area contributed by atoms with Crippen LogP contribution in [0.2, 0.25) is 0 Å². The molecule has 3 nitrogen and oxygen atoms in total. The fourth-order valence-electron chi connectivity index (χ4n) is 2.54. The van der Waals surface area contributed by atoms with Gasteiger partial charge in [0.05, 0.1) is 6.67 Å². The molecule has 1 aliphatic heterocycles. The SMILES string of the molecule is C=CN1CCN(CCCCCCCCCCN)C1. The quantitative estimate of drug-likeness (QED) is 0.575. The summed E-state index contributed by atoms with van der Waals surface area (Å²) in [5.74, 6) is 0. The van der Waals surface area contributed by atoms with Crippen molar-refractivity contribution in [2.75, 3.05) is 32.8 Å². The van der Waals surface area contributed by atoms with Gasteiger partial charge in [0.25, 0.3) is 0 Å². The molecule has 0 aromatic heterocycles. The first-order valence-electron chi connectivity index (χ1n) is 7.66. The number of nitrogens with two attached hydrogens (primary N) is 1. The van der Waals surface area contributed by atoms with Gasteiger partial charge in [-0.25, -0.2) is 0 Å². The van der Waals surface area contributed by atoms with Crippen LogP contribution in [0.25, 0.3) is 0 Å². The Kier molecular flexibility index (Phi) is 8.96. The van der Waals surface area contributed by atoms with Crippen LogP contribution in [-0.4, -0.2) is 42.6 Å². The van der Waals surface area contributed by atoms with Crippen LogP contribution < -0.4 is 5.73 Å². The summed E-state index contributed by atoms with van der Waals surface area (Å²) in [5.41, 5.74) is 5.47. The molecule has 18 heavy (non-hydrogen) atoms. The lowest BCUT2D eigenvalue weighted by atomic mass is 10.1. The number of hydrogen-bond donors (Lipinski definition) is 1. The van der Waals surface area contributed by atoms with Crippen molar-refractivity contribution in [2.45, 2.75) is 51.4 Å². The van der Waals surface area contributed by atoms with E-state index in [0.717, 1.165) is 19.8 Å². The Balaban J connectivity index is 1.80. The van der Waals surface area contributed by atoms with E-state index in [4.69, 9.17) is 5.73 Å². The second-order valence-corrected chi connectivity index (χ2v) is 5.37. The summed E-state index contributed by atoms with van der Waals surface area (Å²) < 4.78 is 0. The normalized spacial score (nSPS) is 16.4. The van der Waals surface area contributed by atoms with E-state index in [1.807, 2.05) is 6.20 Å². The summed E-state index contributed by atoms with van der Waals surface area (Å²) in [5, 5.41) is 0. The fraction of sp³-hybridized carbons (Fsp3) is 0.867. The monoisotopic (exact) mass is 253 g/mol. The molecule has 1 saturated heterocycles. The smallest absolute Gasteiger partial charge is 0.0702 e. The molecule has 1 rings (SSSR count). The average Bonchev–Trinajstić information content (AvgIpc) is 2.85. The van der Waals surface area contributed by atoms with Crippen LogP contribution in [-0.2, 0) is 0 Å². The summed E-state index contributed by atoms with van der Waals surface area (Å²) in [7, 11) is 0. The van der Waals surface area contributed by atoms with Crippen molar-refractivity contribution in [3.63, 3.8) is 0 Å². The zero-order valence-electron chi connectivity index (χ0n) is 11.9. The van der Waals surface area contributed by atoms with Gasteiger partial charge in [-0.3, -0.25) is 4.90 Å². The predicted octanol–water partition coefficient (Wildman–Crippen LogP) is 2.78. The molecular formula is C15H31N3. The third-order valence-electron chi connectivity index (χ3n) is 3.77. The summed E-state index contributed by atoms with van der Waals surface area (Å²) in [6.07, 6.45) is 12.8. The maximum absolute atomic E-state index is 5.47. The van der Waals surface area contributed by atoms with E-state index in [0.29, 0.717) is 0 Å². The third kappa shape index (κ3) is 7.02. The maximum Gasteiger partial charge on any atom is 0.0702 e. The third-order valence-corrected chi connectivity index (χ3v) is 3.77. The van der Waals surface area contributed by atoms with Crippen LogP contribution in [0.1, 0.15) is 51.4 Å². The van der Waals surface area contributed by atoms with Crippen molar-refractivity contribution in [2.24, 2.45) is 5.73 Å². The molecular weight excluding hydrogens is 222 g/mol. The highest BCUT2D eigenvalue weighted by molar-refractivity contribution is 4.78. The lowest BCUT2D eigenvalue weighted by Gasteiger charge is -2.15. The lowest BCUT2D eigenvalue weighted by Crippen LogP contribution is -2.23. The van der Waals surface area contributed by atoms with Gasteiger partial charge in [-0.05, 0) is 32.1 Å². The van der Waals surface area contributed by atoms with Crippen molar-refractivity contribution < 1.29 is 0 Å². The van der Waals surface area contributed by atoms with Crippen molar-refractivity contribution in [3.8, 4) is 0 Å². The van der Waals surface area contributed by atoms with Gasteiger partial charge < -0.3 is 10.6 Å². The molecule has 0 aliphatic carbocycles. The van der Waals surface area contributed by atoms with Crippen LogP contribution in [0.4, 0.5) is 0 Å². The molecule has 3 heteroatoms. The van der Waals surface area contributed by atoms with Crippen LogP contribution in [0.15, 0.2) is 12.8 Å². The molecule has 0 spiro atoms. The standard InChI is InChI=1S/C15H31N3/c1-2-17-13-14-18(15-17)12-10-8-6-4-3-5-7-9-11-16/h2H,1,3-16H2. The van der Waals surface area contributed by atoms with Crippen LogP contribution in [0, 0.1) is 0 Å². The highest BCUT2D eigenvalue weighted by Gasteiger charge is 2.15. The summed E-state index contributed by atoms with van der Waals surface area (Å²) in [6, 6.07) is 0. The van der Waals surface area contributed by atoms with E-state index in [1.165, 1.54) is 64.5 Å². The number of hydrogen-bond acceptors (Lipinski definition) is 3. The molecule has 1 fully saturated rings. The van der Waals surface area contributed by atoms with Crippen molar-refractivity contribution in [3.05, 3.63) is 12.8 Å².